The predicted octanol–water partition coefficient (Wildman–Crippen LogP) is 1.87. The smallest absolute Gasteiger partial charge is 0.339 e. The molecule has 1 aromatic carbocycles. The van der Waals surface area contributed by atoms with Gasteiger partial charge in [-0.15, -0.1) is 0 Å². The third-order valence-corrected chi connectivity index (χ3v) is 2.93. The molecule has 18 heavy (non-hydrogen) atoms. The number of benzene rings is 1. The summed E-state index contributed by atoms with van der Waals surface area (Å²) >= 11 is 6.12. The number of ether oxygens (including phenoxy) is 3. The molecule has 100 valence electrons. The van der Waals surface area contributed by atoms with Gasteiger partial charge in [0.1, 0.15) is 0 Å². The fraction of sp³-hybridized carbons (Fsp3) is 0.417. The number of rotatable bonds is 4. The predicted molar refractivity (Wildman–Crippen MR) is 66.3 cm³/mol. The Bertz CT molecular complexity index is 458. The average Bonchev–Trinajstić information content (AvgIpc) is 2.36. The monoisotopic (exact) mass is 274 g/mol. The van der Waals surface area contributed by atoms with Crippen molar-refractivity contribution in [2.75, 3.05) is 21.3 Å². The van der Waals surface area contributed by atoms with Crippen LogP contribution >= 0.6 is 11.6 Å². The molecule has 5 nitrogen and oxygen atoms in total. The third kappa shape index (κ3) is 2.52. The first-order chi connectivity index (χ1) is 8.47. The number of hydrogen-bond acceptors (Lipinski definition) is 5. The molecule has 1 atom stereocenters. The quantitative estimate of drug-likeness (QED) is 0.849. The minimum absolute atomic E-state index is 0.132. The van der Waals surface area contributed by atoms with Crippen LogP contribution in [0.4, 0.5) is 0 Å². The highest BCUT2D eigenvalue weighted by atomic mass is 35.5. The van der Waals surface area contributed by atoms with E-state index in [4.69, 9.17) is 21.1 Å². The first-order valence-electron chi connectivity index (χ1n) is 5.14. The van der Waals surface area contributed by atoms with Gasteiger partial charge in [-0.3, -0.25) is 0 Å². The van der Waals surface area contributed by atoms with Crippen molar-refractivity contribution >= 4 is 17.6 Å². The van der Waals surface area contributed by atoms with Crippen molar-refractivity contribution in [3.63, 3.8) is 0 Å². The van der Waals surface area contributed by atoms with E-state index in [2.05, 4.69) is 4.74 Å². The van der Waals surface area contributed by atoms with Crippen LogP contribution in [0.5, 0.6) is 11.5 Å². The van der Waals surface area contributed by atoms with Crippen molar-refractivity contribution in [3.05, 3.63) is 22.2 Å². The number of halogens is 1. The molecule has 0 amide bonds. The Morgan fingerprint density at radius 2 is 1.94 bits per heavy atom. The number of carbonyl (C=O) groups excluding carboxylic acids is 1. The number of aryl methyl sites for hydroxylation is 1. The third-order valence-electron chi connectivity index (χ3n) is 2.55. The van der Waals surface area contributed by atoms with Gasteiger partial charge in [-0.05, 0) is 18.6 Å². The van der Waals surface area contributed by atoms with Crippen LogP contribution in [0.25, 0.3) is 0 Å². The van der Waals surface area contributed by atoms with Crippen molar-refractivity contribution in [1.82, 2.24) is 0 Å². The lowest BCUT2D eigenvalue weighted by atomic mass is 10.0. The molecule has 0 radical (unpaired) electrons. The Kier molecular flexibility index (Phi) is 4.81. The SMILES string of the molecule is COC(=O)C(O)c1c(C)cc(OC)c(OC)c1Cl. The highest BCUT2D eigenvalue weighted by Crippen LogP contribution is 2.41. The van der Waals surface area contributed by atoms with E-state index in [-0.39, 0.29) is 16.3 Å². The largest absolute Gasteiger partial charge is 0.493 e. The summed E-state index contributed by atoms with van der Waals surface area (Å²) < 4.78 is 14.7. The van der Waals surface area contributed by atoms with Crippen LogP contribution in [0.2, 0.25) is 5.02 Å². The van der Waals surface area contributed by atoms with Crippen molar-refractivity contribution in [3.8, 4) is 11.5 Å². The fourth-order valence-corrected chi connectivity index (χ4v) is 2.07. The van der Waals surface area contributed by atoms with Crippen molar-refractivity contribution in [1.29, 1.82) is 0 Å². The lowest BCUT2D eigenvalue weighted by Crippen LogP contribution is -2.15. The normalized spacial score (nSPS) is 11.9. The molecule has 0 aromatic heterocycles. The molecular weight excluding hydrogens is 260 g/mol. The van der Waals surface area contributed by atoms with Crippen LogP contribution in [0.15, 0.2) is 6.07 Å². The number of hydrogen-bond donors (Lipinski definition) is 1. The fourth-order valence-electron chi connectivity index (χ4n) is 1.65. The van der Waals surface area contributed by atoms with E-state index in [0.717, 1.165) is 0 Å². The van der Waals surface area contributed by atoms with Crippen LogP contribution in [-0.4, -0.2) is 32.4 Å². The standard InChI is InChI=1S/C12H15ClO5/c1-6-5-7(16-2)11(17-3)9(13)8(6)10(14)12(15)18-4/h5,10,14H,1-4H3. The topological polar surface area (TPSA) is 65.0 Å². The van der Waals surface area contributed by atoms with E-state index in [0.29, 0.717) is 11.3 Å². The first-order valence-corrected chi connectivity index (χ1v) is 5.52. The maximum Gasteiger partial charge on any atom is 0.339 e. The zero-order valence-electron chi connectivity index (χ0n) is 10.6. The second-order valence-corrected chi connectivity index (χ2v) is 3.96. The van der Waals surface area contributed by atoms with Gasteiger partial charge in [0.05, 0.1) is 26.4 Å². The zero-order valence-corrected chi connectivity index (χ0v) is 11.4. The molecule has 0 spiro atoms. The minimum atomic E-state index is -1.46. The molecule has 0 aliphatic rings. The molecule has 1 N–H and O–H groups in total. The summed E-state index contributed by atoms with van der Waals surface area (Å²) in [6.45, 7) is 1.70. The number of esters is 1. The van der Waals surface area contributed by atoms with Gasteiger partial charge in [0.2, 0.25) is 0 Å². The van der Waals surface area contributed by atoms with Gasteiger partial charge in [-0.25, -0.2) is 4.79 Å². The number of carbonyl (C=O) groups is 1. The van der Waals surface area contributed by atoms with E-state index < -0.39 is 12.1 Å². The lowest BCUT2D eigenvalue weighted by Gasteiger charge is -2.18. The molecule has 0 fully saturated rings. The second-order valence-electron chi connectivity index (χ2n) is 3.58. The van der Waals surface area contributed by atoms with Gasteiger partial charge in [0, 0.05) is 5.56 Å². The van der Waals surface area contributed by atoms with Gasteiger partial charge in [0.25, 0.3) is 0 Å². The Hall–Kier alpha value is -1.46. The highest BCUT2D eigenvalue weighted by Gasteiger charge is 2.26. The van der Waals surface area contributed by atoms with Gasteiger partial charge < -0.3 is 19.3 Å². The van der Waals surface area contributed by atoms with Crippen molar-refractivity contribution in [2.45, 2.75) is 13.0 Å². The molecule has 0 saturated carbocycles. The summed E-state index contributed by atoms with van der Waals surface area (Å²) in [5.74, 6) is -0.0873. The van der Waals surface area contributed by atoms with E-state index >= 15 is 0 Å². The average molecular weight is 275 g/mol. The molecule has 0 saturated heterocycles. The van der Waals surface area contributed by atoms with Gasteiger partial charge in [0.15, 0.2) is 17.6 Å². The summed E-state index contributed by atoms with van der Waals surface area (Å²) in [4.78, 5) is 11.4. The second kappa shape index (κ2) is 5.93. The molecule has 1 aromatic rings. The van der Waals surface area contributed by atoms with E-state index in [9.17, 15) is 9.90 Å². The summed E-state index contributed by atoms with van der Waals surface area (Å²) in [5.41, 5.74) is 0.858. The van der Waals surface area contributed by atoms with Crippen LogP contribution < -0.4 is 9.47 Å². The summed E-state index contributed by atoms with van der Waals surface area (Å²) in [6, 6.07) is 1.63. The van der Waals surface area contributed by atoms with Gasteiger partial charge in [-0.1, -0.05) is 11.6 Å². The number of aliphatic hydroxyl groups is 1. The zero-order chi connectivity index (χ0) is 13.9. The van der Waals surface area contributed by atoms with Crippen LogP contribution in [0.3, 0.4) is 0 Å². The van der Waals surface area contributed by atoms with E-state index in [1.54, 1.807) is 13.0 Å². The Morgan fingerprint density at radius 3 is 2.39 bits per heavy atom. The molecule has 0 heterocycles. The first kappa shape index (κ1) is 14.6. The molecule has 0 bridgehead atoms. The number of methoxy groups -OCH3 is 3. The summed E-state index contributed by atoms with van der Waals surface area (Å²) in [7, 11) is 4.09. The van der Waals surface area contributed by atoms with Crippen LogP contribution in [-0.2, 0) is 9.53 Å². The van der Waals surface area contributed by atoms with Crippen molar-refractivity contribution < 1.29 is 24.1 Å². The van der Waals surface area contributed by atoms with Gasteiger partial charge in [-0.2, -0.15) is 0 Å². The highest BCUT2D eigenvalue weighted by molar-refractivity contribution is 6.33. The molecule has 1 rings (SSSR count). The number of aliphatic hydroxyl groups excluding tert-OH is 1. The van der Waals surface area contributed by atoms with Crippen LogP contribution in [0, 0.1) is 6.92 Å². The maximum atomic E-state index is 11.4. The van der Waals surface area contributed by atoms with Crippen molar-refractivity contribution in [2.24, 2.45) is 0 Å². The molecule has 1 unspecified atom stereocenters. The van der Waals surface area contributed by atoms with E-state index in [1.807, 2.05) is 0 Å². The van der Waals surface area contributed by atoms with Crippen LogP contribution in [0.1, 0.15) is 17.2 Å². The minimum Gasteiger partial charge on any atom is -0.493 e. The Balaban J connectivity index is 3.41. The summed E-state index contributed by atoms with van der Waals surface area (Å²) in [6.07, 6.45) is -1.46. The maximum absolute atomic E-state index is 11.4. The molecule has 6 heteroatoms. The lowest BCUT2D eigenvalue weighted by molar-refractivity contribution is -0.150. The molecular formula is C12H15ClO5. The molecule has 0 aliphatic heterocycles. The summed E-state index contributed by atoms with van der Waals surface area (Å²) in [5, 5.41) is 10.0. The Morgan fingerprint density at radius 1 is 1.33 bits per heavy atom. The van der Waals surface area contributed by atoms with Gasteiger partial charge >= 0.3 is 5.97 Å². The Labute approximate surface area is 110 Å². The van der Waals surface area contributed by atoms with E-state index in [1.165, 1.54) is 21.3 Å². The molecule has 0 aliphatic carbocycles.